The number of ether oxygens (including phenoxy) is 1. The van der Waals surface area contributed by atoms with Crippen LogP contribution in [0, 0.1) is 0 Å². The Balaban J connectivity index is 2.04. The van der Waals surface area contributed by atoms with E-state index in [2.05, 4.69) is 5.43 Å². The van der Waals surface area contributed by atoms with Gasteiger partial charge in [-0.1, -0.05) is 35.9 Å². The molecule has 0 saturated carbocycles. The molecule has 1 fully saturated rings. The van der Waals surface area contributed by atoms with Gasteiger partial charge in [-0.15, -0.1) is 0 Å². The normalized spacial score (nSPS) is 26.1. The van der Waals surface area contributed by atoms with Gasteiger partial charge in [0.15, 0.2) is 0 Å². The quantitative estimate of drug-likeness (QED) is 0.861. The first-order valence-corrected chi connectivity index (χ1v) is 7.14. The summed E-state index contributed by atoms with van der Waals surface area (Å²) < 4.78 is 5.56. The lowest BCUT2D eigenvalue weighted by Gasteiger charge is -2.39. The SMILES string of the molecule is C[C@@H]1CN(C2=C(Cl)C(=O)c3ccccc3C2=O)N[C@@H](C)O1. The predicted octanol–water partition coefficient (Wildman–Crippen LogP) is 2.09. The molecule has 2 atom stereocenters. The topological polar surface area (TPSA) is 58.6 Å². The van der Waals surface area contributed by atoms with Gasteiger partial charge in [0, 0.05) is 11.1 Å². The van der Waals surface area contributed by atoms with Crippen LogP contribution < -0.4 is 5.43 Å². The van der Waals surface area contributed by atoms with Crippen molar-refractivity contribution in [3.05, 3.63) is 46.1 Å². The summed E-state index contributed by atoms with van der Waals surface area (Å²) in [6, 6.07) is 6.72. The van der Waals surface area contributed by atoms with Crippen molar-refractivity contribution in [2.75, 3.05) is 6.54 Å². The second-order valence-corrected chi connectivity index (χ2v) is 5.57. The summed E-state index contributed by atoms with van der Waals surface area (Å²) in [6.07, 6.45) is -0.330. The molecule has 5 nitrogen and oxygen atoms in total. The molecule has 0 amide bonds. The van der Waals surface area contributed by atoms with Crippen molar-refractivity contribution >= 4 is 23.2 Å². The maximum absolute atomic E-state index is 12.7. The Morgan fingerprint density at radius 1 is 1.19 bits per heavy atom. The molecule has 2 aliphatic rings. The Labute approximate surface area is 127 Å². The number of ketones is 2. The Kier molecular flexibility index (Phi) is 3.57. The second-order valence-electron chi connectivity index (χ2n) is 5.20. The Bertz CT molecular complexity index is 646. The van der Waals surface area contributed by atoms with E-state index in [0.717, 1.165) is 0 Å². The van der Waals surface area contributed by atoms with Crippen molar-refractivity contribution in [1.82, 2.24) is 10.4 Å². The first-order chi connectivity index (χ1) is 9.99. The van der Waals surface area contributed by atoms with Crippen molar-refractivity contribution in [1.29, 1.82) is 0 Å². The van der Waals surface area contributed by atoms with Crippen LogP contribution in [0.1, 0.15) is 34.6 Å². The van der Waals surface area contributed by atoms with E-state index >= 15 is 0 Å². The fraction of sp³-hybridized carbons (Fsp3) is 0.333. The zero-order valence-electron chi connectivity index (χ0n) is 11.7. The van der Waals surface area contributed by atoms with Gasteiger partial charge in [-0.05, 0) is 13.8 Å². The highest BCUT2D eigenvalue weighted by Crippen LogP contribution is 2.30. The van der Waals surface area contributed by atoms with Crippen molar-refractivity contribution < 1.29 is 14.3 Å². The van der Waals surface area contributed by atoms with Gasteiger partial charge in [-0.2, -0.15) is 0 Å². The standard InChI is InChI=1S/C15H15ClN2O3/c1-8-7-18(17-9(2)21-8)13-12(16)14(19)10-5-3-4-6-11(10)15(13)20/h3-6,8-9,17H,7H2,1-2H3/t8-,9-/m1/s1. The van der Waals surface area contributed by atoms with Gasteiger partial charge in [-0.3, -0.25) is 14.6 Å². The van der Waals surface area contributed by atoms with Crippen LogP contribution in [0.4, 0.5) is 0 Å². The number of allylic oxidation sites excluding steroid dienone is 2. The number of carbonyl (C=O) groups excluding carboxylic acids is 2. The molecule has 1 saturated heterocycles. The van der Waals surface area contributed by atoms with Crippen LogP contribution in [0.25, 0.3) is 0 Å². The molecule has 6 heteroatoms. The van der Waals surface area contributed by atoms with Gasteiger partial charge in [0.05, 0.1) is 12.6 Å². The molecule has 0 spiro atoms. The molecule has 1 aromatic carbocycles. The average molecular weight is 307 g/mol. The summed E-state index contributed by atoms with van der Waals surface area (Å²) in [7, 11) is 0. The van der Waals surface area contributed by atoms with E-state index in [-0.39, 0.29) is 34.6 Å². The molecule has 110 valence electrons. The molecule has 21 heavy (non-hydrogen) atoms. The fourth-order valence-electron chi connectivity index (χ4n) is 2.68. The molecule has 0 aromatic heterocycles. The van der Waals surface area contributed by atoms with Gasteiger partial charge in [-0.25, -0.2) is 5.43 Å². The average Bonchev–Trinajstić information content (AvgIpc) is 2.44. The Hall–Kier alpha value is -1.69. The third kappa shape index (κ3) is 2.37. The van der Waals surface area contributed by atoms with Gasteiger partial charge in [0.1, 0.15) is 17.0 Å². The van der Waals surface area contributed by atoms with E-state index in [4.69, 9.17) is 16.3 Å². The lowest BCUT2D eigenvalue weighted by atomic mass is 9.92. The van der Waals surface area contributed by atoms with Crippen LogP contribution in [0.2, 0.25) is 0 Å². The molecule has 0 bridgehead atoms. The van der Waals surface area contributed by atoms with Crippen molar-refractivity contribution in [3.63, 3.8) is 0 Å². The molecule has 1 heterocycles. The van der Waals surface area contributed by atoms with E-state index in [1.165, 1.54) is 0 Å². The van der Waals surface area contributed by atoms with Crippen LogP contribution in [0.15, 0.2) is 35.0 Å². The summed E-state index contributed by atoms with van der Waals surface area (Å²) in [5, 5.41) is 1.57. The third-order valence-corrected chi connectivity index (χ3v) is 3.87. The molecule has 1 aromatic rings. The zero-order valence-corrected chi connectivity index (χ0v) is 12.5. The molecule has 1 N–H and O–H groups in total. The minimum Gasteiger partial charge on any atom is -0.357 e. The second kappa shape index (κ2) is 5.26. The van der Waals surface area contributed by atoms with E-state index in [1.807, 2.05) is 13.8 Å². The number of benzene rings is 1. The van der Waals surface area contributed by atoms with Gasteiger partial charge >= 0.3 is 0 Å². The molecular formula is C15H15ClN2O3. The van der Waals surface area contributed by atoms with E-state index in [1.54, 1.807) is 29.3 Å². The molecule has 3 rings (SSSR count). The van der Waals surface area contributed by atoms with Gasteiger partial charge in [0.25, 0.3) is 0 Å². The maximum Gasteiger partial charge on any atom is 0.212 e. The highest BCUT2D eigenvalue weighted by molar-refractivity contribution is 6.49. The number of Topliss-reactive ketones (excluding diaryl/α,β-unsaturated/α-hetero) is 2. The van der Waals surface area contributed by atoms with Crippen LogP contribution >= 0.6 is 11.6 Å². The Morgan fingerprint density at radius 2 is 1.81 bits per heavy atom. The summed E-state index contributed by atoms with van der Waals surface area (Å²) in [5.41, 5.74) is 3.96. The number of nitrogens with one attached hydrogen (secondary N) is 1. The number of fused-ring (bicyclic) bond motifs is 1. The first kappa shape index (κ1) is 14.3. The van der Waals surface area contributed by atoms with Crippen LogP contribution in [-0.4, -0.2) is 35.5 Å². The van der Waals surface area contributed by atoms with E-state index in [9.17, 15) is 9.59 Å². The fourth-order valence-corrected chi connectivity index (χ4v) is 2.97. The smallest absolute Gasteiger partial charge is 0.212 e. The monoisotopic (exact) mass is 306 g/mol. The van der Waals surface area contributed by atoms with Gasteiger partial charge < -0.3 is 4.74 Å². The molecular weight excluding hydrogens is 292 g/mol. The number of hydrogen-bond acceptors (Lipinski definition) is 5. The molecule has 1 aliphatic carbocycles. The third-order valence-electron chi connectivity index (χ3n) is 3.52. The van der Waals surface area contributed by atoms with Crippen molar-refractivity contribution in [2.45, 2.75) is 26.2 Å². The van der Waals surface area contributed by atoms with Gasteiger partial charge in [0.2, 0.25) is 11.6 Å². The summed E-state index contributed by atoms with van der Waals surface area (Å²) in [6.45, 7) is 4.18. The van der Waals surface area contributed by atoms with Crippen molar-refractivity contribution in [3.8, 4) is 0 Å². The van der Waals surface area contributed by atoms with E-state index in [0.29, 0.717) is 17.7 Å². The number of hydrazine groups is 1. The van der Waals surface area contributed by atoms with Crippen molar-refractivity contribution in [2.24, 2.45) is 0 Å². The summed E-state index contributed by atoms with van der Waals surface area (Å²) >= 11 is 6.17. The summed E-state index contributed by atoms with van der Waals surface area (Å²) in [5.74, 6) is -0.570. The predicted molar refractivity (Wildman–Crippen MR) is 77.8 cm³/mol. The number of rotatable bonds is 1. The van der Waals surface area contributed by atoms with Crippen LogP contribution in [0.3, 0.4) is 0 Å². The first-order valence-electron chi connectivity index (χ1n) is 6.76. The zero-order chi connectivity index (χ0) is 15.1. The summed E-state index contributed by atoms with van der Waals surface area (Å²) in [4.78, 5) is 25.0. The number of halogens is 1. The largest absolute Gasteiger partial charge is 0.357 e. The maximum atomic E-state index is 12.7. The van der Waals surface area contributed by atoms with E-state index < -0.39 is 0 Å². The molecule has 0 unspecified atom stereocenters. The number of hydrogen-bond donors (Lipinski definition) is 1. The minimum atomic E-state index is -0.324. The highest BCUT2D eigenvalue weighted by Gasteiger charge is 2.36. The highest BCUT2D eigenvalue weighted by atomic mass is 35.5. The lowest BCUT2D eigenvalue weighted by molar-refractivity contribution is -0.103. The molecule has 0 radical (unpaired) electrons. The molecule has 1 aliphatic heterocycles. The van der Waals surface area contributed by atoms with Crippen LogP contribution in [-0.2, 0) is 4.74 Å². The minimum absolute atomic E-state index is 0.0486. The van der Waals surface area contributed by atoms with Crippen LogP contribution in [0.5, 0.6) is 0 Å². The lowest BCUT2D eigenvalue weighted by Crippen LogP contribution is -2.55. The Morgan fingerprint density at radius 3 is 2.43 bits per heavy atom. The number of carbonyl (C=O) groups is 2. The number of nitrogens with zero attached hydrogens (tertiary/aromatic N) is 1.